The molecule has 1 heterocycles. The Bertz CT molecular complexity index is 353. The maximum atomic E-state index is 13.4. The Morgan fingerprint density at radius 1 is 1.38 bits per heavy atom. The van der Waals surface area contributed by atoms with Gasteiger partial charge in [-0.15, -0.1) is 0 Å². The average Bonchev–Trinajstić information content (AvgIpc) is 2.32. The third-order valence-corrected chi connectivity index (χ3v) is 3.00. The zero-order chi connectivity index (χ0) is 11.4. The molecule has 0 radical (unpaired) electrons. The van der Waals surface area contributed by atoms with E-state index in [-0.39, 0.29) is 11.9 Å². The van der Waals surface area contributed by atoms with Crippen LogP contribution in [0.1, 0.15) is 18.4 Å². The molecule has 1 saturated heterocycles. The molecule has 1 aliphatic heterocycles. The van der Waals surface area contributed by atoms with Crippen molar-refractivity contribution in [2.75, 3.05) is 13.1 Å². The van der Waals surface area contributed by atoms with E-state index in [4.69, 9.17) is 16.3 Å². The highest BCUT2D eigenvalue weighted by molar-refractivity contribution is 6.30. The Kier molecular flexibility index (Phi) is 4.16. The van der Waals surface area contributed by atoms with Gasteiger partial charge in [0.25, 0.3) is 0 Å². The molecule has 16 heavy (non-hydrogen) atoms. The largest absolute Gasteiger partial charge is 0.373 e. The van der Waals surface area contributed by atoms with Gasteiger partial charge in [0.2, 0.25) is 0 Å². The molecule has 4 heteroatoms. The molecule has 0 atom stereocenters. The van der Waals surface area contributed by atoms with E-state index in [1.165, 1.54) is 6.07 Å². The van der Waals surface area contributed by atoms with Gasteiger partial charge in [-0.25, -0.2) is 4.39 Å². The van der Waals surface area contributed by atoms with Crippen LogP contribution < -0.4 is 5.32 Å². The Hall–Kier alpha value is -0.640. The van der Waals surface area contributed by atoms with E-state index in [0.717, 1.165) is 25.9 Å². The number of hydrogen-bond acceptors (Lipinski definition) is 2. The minimum atomic E-state index is -0.252. The van der Waals surface area contributed by atoms with Crippen LogP contribution in [0.3, 0.4) is 0 Å². The lowest BCUT2D eigenvalue weighted by Crippen LogP contribution is -2.32. The summed E-state index contributed by atoms with van der Waals surface area (Å²) in [6.45, 7) is 2.25. The topological polar surface area (TPSA) is 21.3 Å². The van der Waals surface area contributed by atoms with Crippen molar-refractivity contribution in [3.05, 3.63) is 34.6 Å². The van der Waals surface area contributed by atoms with Gasteiger partial charge >= 0.3 is 0 Å². The zero-order valence-electron chi connectivity index (χ0n) is 9.01. The third kappa shape index (κ3) is 3.17. The summed E-state index contributed by atoms with van der Waals surface area (Å²) in [5.41, 5.74) is 0.533. The van der Waals surface area contributed by atoms with Gasteiger partial charge in [0, 0.05) is 10.6 Å². The fourth-order valence-corrected chi connectivity index (χ4v) is 2.02. The first-order chi connectivity index (χ1) is 7.75. The summed E-state index contributed by atoms with van der Waals surface area (Å²) in [5, 5.41) is 3.80. The molecular formula is C12H15ClFNO. The van der Waals surface area contributed by atoms with Gasteiger partial charge in [-0.1, -0.05) is 11.6 Å². The van der Waals surface area contributed by atoms with Crippen LogP contribution in [0, 0.1) is 5.82 Å². The minimum Gasteiger partial charge on any atom is -0.373 e. The van der Waals surface area contributed by atoms with Crippen molar-refractivity contribution in [1.29, 1.82) is 0 Å². The maximum absolute atomic E-state index is 13.4. The smallest absolute Gasteiger partial charge is 0.128 e. The van der Waals surface area contributed by atoms with Crippen LogP contribution in [0.4, 0.5) is 4.39 Å². The summed E-state index contributed by atoms with van der Waals surface area (Å²) >= 11 is 5.81. The second-order valence-corrected chi connectivity index (χ2v) is 4.43. The number of benzene rings is 1. The SMILES string of the molecule is Fc1ccc(Cl)cc1COC1CCNCC1. The van der Waals surface area contributed by atoms with Crippen LogP contribution in [0.5, 0.6) is 0 Å². The Morgan fingerprint density at radius 2 is 2.12 bits per heavy atom. The molecule has 0 spiro atoms. The van der Waals surface area contributed by atoms with Gasteiger partial charge in [-0.3, -0.25) is 0 Å². The number of nitrogens with one attached hydrogen (secondary N) is 1. The molecule has 1 aliphatic rings. The van der Waals surface area contributed by atoms with E-state index in [1.54, 1.807) is 12.1 Å². The lowest BCUT2D eigenvalue weighted by molar-refractivity contribution is 0.0199. The monoisotopic (exact) mass is 243 g/mol. The maximum Gasteiger partial charge on any atom is 0.128 e. The molecule has 0 aromatic heterocycles. The van der Waals surface area contributed by atoms with Crippen molar-refractivity contribution < 1.29 is 9.13 Å². The highest BCUT2D eigenvalue weighted by Crippen LogP contribution is 2.17. The molecule has 1 N–H and O–H groups in total. The molecule has 2 nitrogen and oxygen atoms in total. The number of hydrogen-bond donors (Lipinski definition) is 1. The van der Waals surface area contributed by atoms with E-state index in [0.29, 0.717) is 17.2 Å². The van der Waals surface area contributed by atoms with Gasteiger partial charge in [-0.2, -0.15) is 0 Å². The minimum absolute atomic E-state index is 0.236. The van der Waals surface area contributed by atoms with Crippen LogP contribution in [0.15, 0.2) is 18.2 Å². The first kappa shape index (κ1) is 11.8. The summed E-state index contributed by atoms with van der Waals surface area (Å²) in [5.74, 6) is -0.252. The van der Waals surface area contributed by atoms with Gasteiger partial charge < -0.3 is 10.1 Å². The Balaban J connectivity index is 1.90. The Labute approximate surface area is 99.7 Å². The van der Waals surface area contributed by atoms with E-state index in [2.05, 4.69) is 5.32 Å². The molecule has 2 rings (SSSR count). The number of piperidine rings is 1. The van der Waals surface area contributed by atoms with Crippen molar-refractivity contribution in [1.82, 2.24) is 5.32 Å². The normalized spacial score (nSPS) is 17.6. The number of rotatable bonds is 3. The van der Waals surface area contributed by atoms with E-state index >= 15 is 0 Å². The number of halogens is 2. The predicted molar refractivity (Wildman–Crippen MR) is 62.1 cm³/mol. The predicted octanol–water partition coefficient (Wildman–Crippen LogP) is 2.75. The molecule has 0 saturated carbocycles. The van der Waals surface area contributed by atoms with Crippen LogP contribution in [-0.2, 0) is 11.3 Å². The molecule has 1 aromatic carbocycles. The highest BCUT2D eigenvalue weighted by atomic mass is 35.5. The first-order valence-corrected chi connectivity index (χ1v) is 5.90. The quantitative estimate of drug-likeness (QED) is 0.882. The van der Waals surface area contributed by atoms with Gasteiger partial charge in [0.1, 0.15) is 5.82 Å². The van der Waals surface area contributed by atoms with E-state index in [1.807, 2.05) is 0 Å². The van der Waals surface area contributed by atoms with E-state index < -0.39 is 0 Å². The fraction of sp³-hybridized carbons (Fsp3) is 0.500. The lowest BCUT2D eigenvalue weighted by atomic mass is 10.1. The molecule has 0 amide bonds. The van der Waals surface area contributed by atoms with Crippen molar-refractivity contribution in [2.24, 2.45) is 0 Å². The molecule has 0 unspecified atom stereocenters. The molecule has 0 aliphatic carbocycles. The van der Waals surface area contributed by atoms with Crippen LogP contribution in [0.2, 0.25) is 5.02 Å². The zero-order valence-corrected chi connectivity index (χ0v) is 9.77. The fourth-order valence-electron chi connectivity index (χ4n) is 1.82. The summed E-state index contributed by atoms with van der Waals surface area (Å²) in [4.78, 5) is 0. The highest BCUT2D eigenvalue weighted by Gasteiger charge is 2.14. The van der Waals surface area contributed by atoms with E-state index in [9.17, 15) is 4.39 Å². The molecule has 1 aromatic rings. The van der Waals surface area contributed by atoms with Crippen LogP contribution in [-0.4, -0.2) is 19.2 Å². The van der Waals surface area contributed by atoms with Crippen molar-refractivity contribution in [3.8, 4) is 0 Å². The molecular weight excluding hydrogens is 229 g/mol. The number of ether oxygens (including phenoxy) is 1. The molecule has 0 bridgehead atoms. The summed E-state index contributed by atoms with van der Waals surface area (Å²) in [7, 11) is 0. The standard InChI is InChI=1S/C12H15ClFNO/c13-10-1-2-12(14)9(7-10)8-16-11-3-5-15-6-4-11/h1-2,7,11,15H,3-6,8H2. The van der Waals surface area contributed by atoms with Crippen LogP contribution >= 0.6 is 11.6 Å². The lowest BCUT2D eigenvalue weighted by Gasteiger charge is -2.23. The Morgan fingerprint density at radius 3 is 2.88 bits per heavy atom. The first-order valence-electron chi connectivity index (χ1n) is 5.52. The van der Waals surface area contributed by atoms with Gasteiger partial charge in [-0.05, 0) is 44.1 Å². The van der Waals surface area contributed by atoms with Crippen molar-refractivity contribution >= 4 is 11.6 Å². The summed E-state index contributed by atoms with van der Waals surface area (Å²) in [6, 6.07) is 4.55. The summed E-state index contributed by atoms with van der Waals surface area (Å²) in [6.07, 6.45) is 2.21. The van der Waals surface area contributed by atoms with Gasteiger partial charge in [0.05, 0.1) is 12.7 Å². The van der Waals surface area contributed by atoms with Gasteiger partial charge in [0.15, 0.2) is 0 Å². The average molecular weight is 244 g/mol. The van der Waals surface area contributed by atoms with Crippen molar-refractivity contribution in [3.63, 3.8) is 0 Å². The third-order valence-electron chi connectivity index (χ3n) is 2.77. The van der Waals surface area contributed by atoms with Crippen molar-refractivity contribution in [2.45, 2.75) is 25.6 Å². The summed E-state index contributed by atoms with van der Waals surface area (Å²) < 4.78 is 19.0. The van der Waals surface area contributed by atoms with Crippen LogP contribution in [0.25, 0.3) is 0 Å². The molecule has 88 valence electrons. The molecule has 1 fully saturated rings. The second-order valence-electron chi connectivity index (χ2n) is 4.00. The second kappa shape index (κ2) is 5.62.